The van der Waals surface area contributed by atoms with Crippen LogP contribution in [0.1, 0.15) is 24.5 Å². The highest BCUT2D eigenvalue weighted by molar-refractivity contribution is 7.91. The number of nitrogens with zero attached hydrogens (tertiary/aromatic N) is 1. The largest absolute Gasteiger partial charge is 0.484 e. The van der Waals surface area contributed by atoms with E-state index in [9.17, 15) is 17.6 Å². The van der Waals surface area contributed by atoms with Gasteiger partial charge in [-0.3, -0.25) is 4.79 Å². The third-order valence-electron chi connectivity index (χ3n) is 4.91. The number of hydrogen-bond acceptors (Lipinski definition) is 4. The fraction of sp³-hybridized carbons (Fsp3) is 0.381. The minimum absolute atomic E-state index is 0.0595. The molecular weight excluding hydrogens is 381 g/mol. The Morgan fingerprint density at radius 1 is 1.18 bits per heavy atom. The smallest absolute Gasteiger partial charge is 0.261 e. The van der Waals surface area contributed by atoms with Crippen molar-refractivity contribution in [1.29, 1.82) is 0 Å². The number of halogens is 1. The normalized spacial score (nSPS) is 18.0. The number of aryl methyl sites for hydroxylation is 1. The van der Waals surface area contributed by atoms with Gasteiger partial charge in [-0.1, -0.05) is 31.2 Å². The number of hydrogen-bond donors (Lipinski definition) is 0. The lowest BCUT2D eigenvalue weighted by molar-refractivity contribution is -0.136. The predicted octanol–water partition coefficient (Wildman–Crippen LogP) is 2.98. The molecule has 3 rings (SSSR count). The minimum Gasteiger partial charge on any atom is -0.484 e. The molecule has 0 spiro atoms. The minimum atomic E-state index is -3.16. The van der Waals surface area contributed by atoms with Gasteiger partial charge in [-0.15, -0.1) is 0 Å². The molecule has 1 unspecified atom stereocenters. The number of amides is 1. The summed E-state index contributed by atoms with van der Waals surface area (Å²) in [5, 5.41) is 0. The summed E-state index contributed by atoms with van der Waals surface area (Å²) in [6, 6.07) is 13.1. The van der Waals surface area contributed by atoms with Gasteiger partial charge in [-0.2, -0.15) is 0 Å². The van der Waals surface area contributed by atoms with Gasteiger partial charge in [0.25, 0.3) is 5.91 Å². The Labute approximate surface area is 165 Å². The number of rotatable bonds is 7. The van der Waals surface area contributed by atoms with Crippen molar-refractivity contribution >= 4 is 15.7 Å². The van der Waals surface area contributed by atoms with Crippen molar-refractivity contribution in [2.75, 3.05) is 18.1 Å². The molecule has 1 amide bonds. The van der Waals surface area contributed by atoms with Crippen LogP contribution in [-0.2, 0) is 27.6 Å². The lowest BCUT2D eigenvalue weighted by Crippen LogP contribution is -2.43. The van der Waals surface area contributed by atoms with Crippen molar-refractivity contribution in [2.24, 2.45) is 0 Å². The van der Waals surface area contributed by atoms with Crippen molar-refractivity contribution < 1.29 is 22.3 Å². The van der Waals surface area contributed by atoms with Crippen LogP contribution >= 0.6 is 0 Å². The van der Waals surface area contributed by atoms with Crippen molar-refractivity contribution in [3.8, 4) is 5.75 Å². The van der Waals surface area contributed by atoms with Crippen LogP contribution < -0.4 is 4.74 Å². The first kappa shape index (κ1) is 20.3. The molecule has 2 aromatic rings. The molecule has 7 heteroatoms. The summed E-state index contributed by atoms with van der Waals surface area (Å²) in [4.78, 5) is 14.3. The zero-order valence-electron chi connectivity index (χ0n) is 15.8. The highest BCUT2D eigenvalue weighted by atomic mass is 32.2. The molecule has 1 aliphatic heterocycles. The first-order valence-corrected chi connectivity index (χ1v) is 11.1. The van der Waals surface area contributed by atoms with Gasteiger partial charge in [0.2, 0.25) is 0 Å². The van der Waals surface area contributed by atoms with Gasteiger partial charge in [0, 0.05) is 12.6 Å². The number of benzene rings is 2. The molecule has 1 aliphatic rings. The Hall–Kier alpha value is -2.41. The lowest BCUT2D eigenvalue weighted by Gasteiger charge is -2.28. The van der Waals surface area contributed by atoms with Crippen molar-refractivity contribution in [2.45, 2.75) is 32.4 Å². The fourth-order valence-electron chi connectivity index (χ4n) is 3.32. The predicted molar refractivity (Wildman–Crippen MR) is 105 cm³/mol. The van der Waals surface area contributed by atoms with Crippen molar-refractivity contribution in [3.05, 3.63) is 65.5 Å². The standard InChI is InChI=1S/C21H24FNO4S/c1-2-16-6-8-20(9-7-16)27-14-21(24)23(19-10-11-28(25,26)15-19)13-17-4-3-5-18(22)12-17/h3-9,12,19H,2,10-11,13-15H2,1H3. The fourth-order valence-corrected chi connectivity index (χ4v) is 5.05. The van der Waals surface area contributed by atoms with Gasteiger partial charge >= 0.3 is 0 Å². The second-order valence-electron chi connectivity index (χ2n) is 6.99. The van der Waals surface area contributed by atoms with Crippen molar-refractivity contribution in [3.63, 3.8) is 0 Å². The summed E-state index contributed by atoms with van der Waals surface area (Å²) in [7, 11) is -3.16. The molecular formula is C21H24FNO4S. The summed E-state index contributed by atoms with van der Waals surface area (Å²) in [6.45, 7) is 2.01. The van der Waals surface area contributed by atoms with E-state index in [0.717, 1.165) is 6.42 Å². The van der Waals surface area contributed by atoms with Crippen LogP contribution in [0.5, 0.6) is 5.75 Å². The van der Waals surface area contributed by atoms with E-state index in [0.29, 0.717) is 17.7 Å². The summed E-state index contributed by atoms with van der Waals surface area (Å²) >= 11 is 0. The van der Waals surface area contributed by atoms with Gasteiger partial charge < -0.3 is 9.64 Å². The molecule has 0 N–H and O–H groups in total. The van der Waals surface area contributed by atoms with E-state index in [4.69, 9.17) is 4.74 Å². The number of sulfone groups is 1. The second-order valence-corrected chi connectivity index (χ2v) is 9.22. The van der Waals surface area contributed by atoms with E-state index in [1.807, 2.05) is 24.3 Å². The summed E-state index contributed by atoms with van der Waals surface area (Å²) < 4.78 is 42.9. The van der Waals surface area contributed by atoms with E-state index >= 15 is 0 Å². The maximum absolute atomic E-state index is 13.5. The van der Waals surface area contributed by atoms with Crippen LogP contribution in [-0.4, -0.2) is 43.4 Å². The van der Waals surface area contributed by atoms with E-state index in [1.165, 1.54) is 22.6 Å². The highest BCUT2D eigenvalue weighted by Crippen LogP contribution is 2.21. The quantitative estimate of drug-likeness (QED) is 0.710. The molecule has 1 saturated heterocycles. The lowest BCUT2D eigenvalue weighted by atomic mass is 10.1. The summed E-state index contributed by atoms with van der Waals surface area (Å²) in [6.07, 6.45) is 1.30. The maximum Gasteiger partial charge on any atom is 0.261 e. The van der Waals surface area contributed by atoms with Gasteiger partial charge in [0.1, 0.15) is 11.6 Å². The van der Waals surface area contributed by atoms with Crippen LogP contribution in [0.4, 0.5) is 4.39 Å². The van der Waals surface area contributed by atoms with E-state index < -0.39 is 21.7 Å². The third-order valence-corrected chi connectivity index (χ3v) is 6.66. The van der Waals surface area contributed by atoms with E-state index in [-0.39, 0.29) is 30.6 Å². The highest BCUT2D eigenvalue weighted by Gasteiger charge is 2.34. The van der Waals surface area contributed by atoms with Crippen LogP contribution in [0.15, 0.2) is 48.5 Å². The van der Waals surface area contributed by atoms with Gasteiger partial charge in [0.05, 0.1) is 11.5 Å². The Balaban J connectivity index is 1.72. The van der Waals surface area contributed by atoms with Gasteiger partial charge in [0.15, 0.2) is 16.4 Å². The van der Waals surface area contributed by atoms with E-state index in [1.54, 1.807) is 12.1 Å². The Morgan fingerprint density at radius 2 is 1.93 bits per heavy atom. The first-order chi connectivity index (χ1) is 13.4. The zero-order chi connectivity index (χ0) is 20.1. The van der Waals surface area contributed by atoms with Crippen LogP contribution in [0.3, 0.4) is 0 Å². The number of ether oxygens (including phenoxy) is 1. The molecule has 0 aromatic heterocycles. The number of carbonyl (C=O) groups is 1. The SMILES string of the molecule is CCc1ccc(OCC(=O)N(Cc2cccc(F)c2)C2CCS(=O)(=O)C2)cc1. The Kier molecular flexibility index (Phi) is 6.34. The van der Waals surface area contributed by atoms with Crippen LogP contribution in [0, 0.1) is 5.82 Å². The summed E-state index contributed by atoms with van der Waals surface area (Å²) in [5.74, 6) is -0.138. The number of carbonyl (C=O) groups excluding carboxylic acids is 1. The van der Waals surface area contributed by atoms with Crippen LogP contribution in [0.2, 0.25) is 0 Å². The molecule has 2 aromatic carbocycles. The second kappa shape index (κ2) is 8.73. The molecule has 0 saturated carbocycles. The topological polar surface area (TPSA) is 63.7 Å². The van der Waals surface area contributed by atoms with Gasteiger partial charge in [-0.25, -0.2) is 12.8 Å². The molecule has 0 bridgehead atoms. The first-order valence-electron chi connectivity index (χ1n) is 9.32. The molecule has 5 nitrogen and oxygen atoms in total. The molecule has 1 atom stereocenters. The monoisotopic (exact) mass is 405 g/mol. The Morgan fingerprint density at radius 3 is 2.54 bits per heavy atom. The molecule has 1 heterocycles. The molecule has 0 aliphatic carbocycles. The van der Waals surface area contributed by atoms with Crippen molar-refractivity contribution in [1.82, 2.24) is 4.90 Å². The Bertz CT molecular complexity index is 928. The van der Waals surface area contributed by atoms with Gasteiger partial charge in [-0.05, 0) is 48.2 Å². The van der Waals surface area contributed by atoms with Crippen LogP contribution in [0.25, 0.3) is 0 Å². The molecule has 1 fully saturated rings. The zero-order valence-corrected chi connectivity index (χ0v) is 16.6. The maximum atomic E-state index is 13.5. The molecule has 150 valence electrons. The summed E-state index contributed by atoms with van der Waals surface area (Å²) in [5.41, 5.74) is 1.78. The molecule has 28 heavy (non-hydrogen) atoms. The molecule has 0 radical (unpaired) electrons. The average Bonchev–Trinajstić information content (AvgIpc) is 3.04. The van der Waals surface area contributed by atoms with E-state index in [2.05, 4.69) is 6.92 Å². The third kappa shape index (κ3) is 5.32. The average molecular weight is 405 g/mol.